The van der Waals surface area contributed by atoms with E-state index in [-0.39, 0.29) is 51.8 Å². The zero-order valence-electron chi connectivity index (χ0n) is 21.1. The fourth-order valence-electron chi connectivity index (χ4n) is 5.96. The first-order valence-electron chi connectivity index (χ1n) is 12.4. The first kappa shape index (κ1) is 26.8. The number of alkyl halides is 3. The fourth-order valence-corrected chi connectivity index (χ4v) is 6.18. The standard InChI is InChI=1S/C27H26ClF3N6O2/c1-2-3-21(38)16-6-7-26(9-16)10-18(11-26)37-24(32)22(25(33)39)23(35-37)17-12-34-36(14-17)13-15-4-5-20(28)19(8-15)27(29,30)31/h4-5,8,12,14,16,18H,6-7,9-11,13,32H2,1H3,(H2,33,39)/t16?,18-,26-. The van der Waals surface area contributed by atoms with Crippen molar-refractivity contribution in [2.24, 2.45) is 17.1 Å². The van der Waals surface area contributed by atoms with Crippen molar-refractivity contribution >= 4 is 29.1 Å². The molecule has 2 aliphatic rings. The summed E-state index contributed by atoms with van der Waals surface area (Å²) < 4.78 is 42.8. The van der Waals surface area contributed by atoms with Gasteiger partial charge in [0.2, 0.25) is 5.78 Å². The van der Waals surface area contributed by atoms with Gasteiger partial charge in [-0.15, -0.1) is 0 Å². The molecule has 1 aromatic carbocycles. The molecule has 0 saturated heterocycles. The topological polar surface area (TPSA) is 122 Å². The van der Waals surface area contributed by atoms with E-state index in [1.54, 1.807) is 17.8 Å². The van der Waals surface area contributed by atoms with Crippen molar-refractivity contribution < 1.29 is 22.8 Å². The van der Waals surface area contributed by atoms with Crippen molar-refractivity contribution in [1.82, 2.24) is 19.6 Å². The molecular weight excluding hydrogens is 533 g/mol. The maximum Gasteiger partial charge on any atom is 0.417 e. The number of primary amides is 1. The SMILES string of the molecule is CC#CC(=O)C1CC[C@]2(C1)C[C@H](n1nc(-c3cnn(Cc4ccc(Cl)c(C(F)(F)F)c4)c3)c(C(N)=O)c1N)C2. The Hall–Kier alpha value is -3.78. The molecule has 3 aromatic rings. The molecule has 2 fully saturated rings. The number of hydrogen-bond acceptors (Lipinski definition) is 5. The Morgan fingerprint density at radius 3 is 2.67 bits per heavy atom. The molecule has 2 saturated carbocycles. The van der Waals surface area contributed by atoms with Crippen molar-refractivity contribution in [3.05, 3.63) is 52.3 Å². The van der Waals surface area contributed by atoms with Crippen LogP contribution in [0, 0.1) is 23.2 Å². The van der Waals surface area contributed by atoms with E-state index in [0.717, 1.165) is 38.2 Å². The number of Topliss-reactive ketones (excluding diaryl/α,β-unsaturated/α-hetero) is 1. The van der Waals surface area contributed by atoms with Gasteiger partial charge in [0.25, 0.3) is 5.91 Å². The van der Waals surface area contributed by atoms with E-state index in [0.29, 0.717) is 11.1 Å². The number of amides is 1. The number of anilines is 1. The van der Waals surface area contributed by atoms with Gasteiger partial charge in [0, 0.05) is 17.7 Å². The number of halogens is 4. The minimum Gasteiger partial charge on any atom is -0.383 e. The lowest BCUT2D eigenvalue weighted by molar-refractivity contribution is -0.137. The molecule has 1 atom stereocenters. The molecule has 0 bridgehead atoms. The number of benzene rings is 1. The van der Waals surface area contributed by atoms with E-state index in [2.05, 4.69) is 22.0 Å². The van der Waals surface area contributed by atoms with Gasteiger partial charge in [-0.25, -0.2) is 4.68 Å². The molecule has 5 rings (SSSR count). The van der Waals surface area contributed by atoms with Crippen molar-refractivity contribution in [3.8, 4) is 23.1 Å². The van der Waals surface area contributed by atoms with Gasteiger partial charge < -0.3 is 11.5 Å². The van der Waals surface area contributed by atoms with Crippen LogP contribution in [0.3, 0.4) is 0 Å². The van der Waals surface area contributed by atoms with Crippen LogP contribution in [0.1, 0.15) is 66.6 Å². The maximum absolute atomic E-state index is 13.2. The third-order valence-corrected chi connectivity index (χ3v) is 8.12. The number of carbonyl (C=O) groups excluding carboxylic acids is 2. The second-order valence-corrected chi connectivity index (χ2v) is 10.8. The molecule has 8 nitrogen and oxygen atoms in total. The van der Waals surface area contributed by atoms with E-state index >= 15 is 0 Å². The Kier molecular flexibility index (Phi) is 6.71. The zero-order valence-corrected chi connectivity index (χ0v) is 21.8. The number of nitrogens with two attached hydrogens (primary N) is 2. The Balaban J connectivity index is 1.36. The molecule has 1 spiro atoms. The highest BCUT2D eigenvalue weighted by molar-refractivity contribution is 6.31. The Morgan fingerprint density at radius 2 is 2.00 bits per heavy atom. The number of nitrogens with zero attached hydrogens (tertiary/aromatic N) is 4. The van der Waals surface area contributed by atoms with Gasteiger partial charge in [-0.3, -0.25) is 14.3 Å². The molecule has 0 aliphatic heterocycles. The van der Waals surface area contributed by atoms with Crippen molar-refractivity contribution in [2.75, 3.05) is 5.73 Å². The van der Waals surface area contributed by atoms with E-state index in [4.69, 9.17) is 23.1 Å². The first-order valence-corrected chi connectivity index (χ1v) is 12.8. The van der Waals surface area contributed by atoms with E-state index in [1.807, 2.05) is 0 Å². The molecule has 2 heterocycles. The van der Waals surface area contributed by atoms with Gasteiger partial charge in [-0.1, -0.05) is 23.6 Å². The predicted octanol–water partition coefficient (Wildman–Crippen LogP) is 4.86. The molecule has 2 aliphatic carbocycles. The molecule has 1 unspecified atom stereocenters. The molecular formula is C27H26ClF3N6O2. The normalized spacial score (nSPS) is 22.4. The Bertz CT molecular complexity index is 1520. The Morgan fingerprint density at radius 1 is 1.26 bits per heavy atom. The van der Waals surface area contributed by atoms with Crippen LogP contribution in [-0.4, -0.2) is 31.3 Å². The number of rotatable bonds is 6. The zero-order chi connectivity index (χ0) is 28.1. The summed E-state index contributed by atoms with van der Waals surface area (Å²) in [5, 5.41) is 8.47. The van der Waals surface area contributed by atoms with Crippen LogP contribution in [0.25, 0.3) is 11.3 Å². The third kappa shape index (κ3) is 5.01. The lowest BCUT2D eigenvalue weighted by Gasteiger charge is -2.45. The van der Waals surface area contributed by atoms with Gasteiger partial charge in [-0.05, 0) is 68.1 Å². The largest absolute Gasteiger partial charge is 0.417 e. The lowest BCUT2D eigenvalue weighted by Crippen LogP contribution is -2.38. The van der Waals surface area contributed by atoms with Crippen LogP contribution >= 0.6 is 11.6 Å². The second-order valence-electron chi connectivity index (χ2n) is 10.4. The first-order chi connectivity index (χ1) is 18.4. The summed E-state index contributed by atoms with van der Waals surface area (Å²) in [5.74, 6) is 4.68. The fraction of sp³-hybridized carbons (Fsp3) is 0.407. The maximum atomic E-state index is 13.2. The van der Waals surface area contributed by atoms with Crippen molar-refractivity contribution in [3.63, 3.8) is 0 Å². The summed E-state index contributed by atoms with van der Waals surface area (Å²) in [7, 11) is 0. The number of nitrogen functional groups attached to an aromatic ring is 1. The summed E-state index contributed by atoms with van der Waals surface area (Å²) in [6, 6.07) is 3.62. The van der Waals surface area contributed by atoms with Crippen LogP contribution in [0.4, 0.5) is 19.0 Å². The van der Waals surface area contributed by atoms with E-state index < -0.39 is 17.6 Å². The predicted molar refractivity (Wildman–Crippen MR) is 138 cm³/mol. The van der Waals surface area contributed by atoms with Gasteiger partial charge in [0.05, 0.1) is 29.4 Å². The van der Waals surface area contributed by atoms with Crippen LogP contribution in [0.15, 0.2) is 30.6 Å². The highest BCUT2D eigenvalue weighted by atomic mass is 35.5. The van der Waals surface area contributed by atoms with Crippen molar-refractivity contribution in [2.45, 2.75) is 57.8 Å². The molecule has 39 heavy (non-hydrogen) atoms. The van der Waals surface area contributed by atoms with Crippen LogP contribution in [-0.2, 0) is 17.5 Å². The van der Waals surface area contributed by atoms with Crippen molar-refractivity contribution in [1.29, 1.82) is 0 Å². The van der Waals surface area contributed by atoms with Crippen LogP contribution in [0.5, 0.6) is 0 Å². The average Bonchev–Trinajstić information content (AvgIpc) is 3.56. The average molecular weight is 559 g/mol. The van der Waals surface area contributed by atoms with Gasteiger partial charge in [-0.2, -0.15) is 23.4 Å². The van der Waals surface area contributed by atoms with E-state index in [1.165, 1.54) is 23.0 Å². The molecule has 4 N–H and O–H groups in total. The lowest BCUT2D eigenvalue weighted by atomic mass is 9.64. The number of hydrogen-bond donors (Lipinski definition) is 2. The van der Waals surface area contributed by atoms with Crippen LogP contribution < -0.4 is 11.5 Å². The summed E-state index contributed by atoms with van der Waals surface area (Å²) >= 11 is 5.72. The smallest absolute Gasteiger partial charge is 0.383 e. The highest BCUT2D eigenvalue weighted by Crippen LogP contribution is 2.60. The highest BCUT2D eigenvalue weighted by Gasteiger charge is 2.51. The quantitative estimate of drug-likeness (QED) is 0.330. The molecule has 204 valence electrons. The van der Waals surface area contributed by atoms with Crippen LogP contribution in [0.2, 0.25) is 5.02 Å². The summed E-state index contributed by atoms with van der Waals surface area (Å²) in [5.41, 5.74) is 12.2. The minimum absolute atomic E-state index is 0.0139. The van der Waals surface area contributed by atoms with Gasteiger partial charge in [0.1, 0.15) is 17.1 Å². The van der Waals surface area contributed by atoms with Gasteiger partial charge in [0.15, 0.2) is 0 Å². The molecule has 1 amide bonds. The van der Waals surface area contributed by atoms with E-state index in [9.17, 15) is 22.8 Å². The third-order valence-electron chi connectivity index (χ3n) is 7.79. The number of carbonyl (C=O) groups is 2. The summed E-state index contributed by atoms with van der Waals surface area (Å²) in [4.78, 5) is 24.6. The minimum atomic E-state index is -4.58. The van der Waals surface area contributed by atoms with Gasteiger partial charge >= 0.3 is 6.18 Å². The molecule has 0 radical (unpaired) electrons. The summed E-state index contributed by atoms with van der Waals surface area (Å²) in [6.07, 6.45) is 2.52. The number of aromatic nitrogens is 4. The number of ketones is 1. The summed E-state index contributed by atoms with van der Waals surface area (Å²) in [6.45, 7) is 1.69. The monoisotopic (exact) mass is 558 g/mol. The Labute approximate surface area is 227 Å². The second kappa shape index (κ2) is 9.75. The molecule has 12 heteroatoms. The molecule has 2 aromatic heterocycles.